The molecular formula is C10H7ClINO2. The Hall–Kier alpha value is -0.800. The van der Waals surface area contributed by atoms with Crippen LogP contribution < -0.4 is 0 Å². The molecule has 1 aromatic carbocycles. The molecule has 0 heterocycles. The van der Waals surface area contributed by atoms with E-state index in [0.29, 0.717) is 26.3 Å². The van der Waals surface area contributed by atoms with Crippen LogP contribution >= 0.6 is 34.2 Å². The van der Waals surface area contributed by atoms with Gasteiger partial charge in [0.05, 0.1) is 22.8 Å². The van der Waals surface area contributed by atoms with Gasteiger partial charge in [-0.25, -0.2) is 4.79 Å². The van der Waals surface area contributed by atoms with E-state index in [1.54, 1.807) is 13.0 Å². The largest absolute Gasteiger partial charge is 0.462 e. The molecule has 0 spiro atoms. The summed E-state index contributed by atoms with van der Waals surface area (Å²) < 4.78 is 5.38. The van der Waals surface area contributed by atoms with E-state index in [1.165, 1.54) is 6.07 Å². The summed E-state index contributed by atoms with van der Waals surface area (Å²) in [5.41, 5.74) is 0.682. The van der Waals surface area contributed by atoms with Crippen LogP contribution in [-0.4, -0.2) is 12.6 Å². The molecule has 0 N–H and O–H groups in total. The van der Waals surface area contributed by atoms with Crippen molar-refractivity contribution in [2.24, 2.45) is 0 Å². The van der Waals surface area contributed by atoms with Crippen LogP contribution in [0.2, 0.25) is 5.02 Å². The predicted octanol–water partition coefficient (Wildman–Crippen LogP) is 2.99. The molecule has 0 radical (unpaired) electrons. The van der Waals surface area contributed by atoms with Crippen LogP contribution in [0.1, 0.15) is 22.8 Å². The highest BCUT2D eigenvalue weighted by Gasteiger charge is 2.16. The zero-order valence-corrected chi connectivity index (χ0v) is 10.8. The number of carbonyl (C=O) groups excluding carboxylic acids is 1. The van der Waals surface area contributed by atoms with Crippen LogP contribution in [0.15, 0.2) is 12.1 Å². The van der Waals surface area contributed by atoms with Crippen LogP contribution in [0.25, 0.3) is 0 Å². The molecule has 78 valence electrons. The Morgan fingerprint density at radius 1 is 1.67 bits per heavy atom. The van der Waals surface area contributed by atoms with Gasteiger partial charge in [-0.1, -0.05) is 11.6 Å². The van der Waals surface area contributed by atoms with E-state index in [4.69, 9.17) is 21.6 Å². The van der Waals surface area contributed by atoms with E-state index in [1.807, 2.05) is 28.7 Å². The average Bonchev–Trinajstić information content (AvgIpc) is 2.18. The fourth-order valence-electron chi connectivity index (χ4n) is 1.02. The van der Waals surface area contributed by atoms with Gasteiger partial charge in [0.2, 0.25) is 0 Å². The minimum Gasteiger partial charge on any atom is -0.462 e. The lowest BCUT2D eigenvalue weighted by Gasteiger charge is -2.06. The number of rotatable bonds is 2. The Labute approximate surface area is 106 Å². The van der Waals surface area contributed by atoms with Gasteiger partial charge < -0.3 is 4.74 Å². The number of ether oxygens (including phenoxy) is 1. The summed E-state index contributed by atoms with van der Waals surface area (Å²) in [4.78, 5) is 11.5. The molecule has 0 bridgehead atoms. The van der Waals surface area contributed by atoms with Crippen molar-refractivity contribution >= 4 is 40.2 Å². The monoisotopic (exact) mass is 335 g/mol. The normalized spacial score (nSPS) is 9.47. The topological polar surface area (TPSA) is 50.1 Å². The Bertz CT molecular complexity index is 440. The molecule has 0 saturated heterocycles. The number of benzene rings is 1. The molecule has 1 rings (SSSR count). The second-order valence-electron chi connectivity index (χ2n) is 2.62. The maximum absolute atomic E-state index is 11.5. The fraction of sp³-hybridized carbons (Fsp3) is 0.200. The molecule has 0 unspecified atom stereocenters. The number of halogens is 2. The number of nitriles is 1. The lowest BCUT2D eigenvalue weighted by Crippen LogP contribution is -2.07. The Balaban J connectivity index is 3.23. The molecule has 15 heavy (non-hydrogen) atoms. The first kappa shape index (κ1) is 12.3. The van der Waals surface area contributed by atoms with Crippen molar-refractivity contribution in [2.75, 3.05) is 6.61 Å². The first-order valence-electron chi connectivity index (χ1n) is 4.17. The summed E-state index contributed by atoms with van der Waals surface area (Å²) in [6, 6.07) is 5.03. The van der Waals surface area contributed by atoms with E-state index < -0.39 is 5.97 Å². The minimum atomic E-state index is -0.435. The molecule has 0 aliphatic rings. The van der Waals surface area contributed by atoms with E-state index in [0.717, 1.165) is 0 Å². The van der Waals surface area contributed by atoms with E-state index in [9.17, 15) is 4.79 Å². The third-order valence-electron chi connectivity index (χ3n) is 1.70. The van der Waals surface area contributed by atoms with Crippen LogP contribution in [0.3, 0.4) is 0 Å². The molecule has 0 atom stereocenters. The second kappa shape index (κ2) is 5.33. The van der Waals surface area contributed by atoms with Crippen molar-refractivity contribution < 1.29 is 9.53 Å². The van der Waals surface area contributed by atoms with E-state index in [2.05, 4.69) is 0 Å². The molecule has 0 aromatic heterocycles. The lowest BCUT2D eigenvalue weighted by atomic mass is 10.1. The van der Waals surface area contributed by atoms with Gasteiger partial charge in [0, 0.05) is 3.57 Å². The predicted molar refractivity (Wildman–Crippen MR) is 64.8 cm³/mol. The van der Waals surface area contributed by atoms with Gasteiger partial charge in [0.15, 0.2) is 0 Å². The lowest BCUT2D eigenvalue weighted by molar-refractivity contribution is 0.0525. The molecule has 0 fully saturated rings. The third kappa shape index (κ3) is 2.61. The van der Waals surface area contributed by atoms with Crippen molar-refractivity contribution in [3.63, 3.8) is 0 Å². The smallest absolute Gasteiger partial charge is 0.339 e. The molecule has 0 aliphatic carbocycles. The van der Waals surface area contributed by atoms with E-state index >= 15 is 0 Å². The summed E-state index contributed by atoms with van der Waals surface area (Å²) in [7, 11) is 0. The van der Waals surface area contributed by atoms with Crippen LogP contribution in [0.5, 0.6) is 0 Å². The van der Waals surface area contributed by atoms with Crippen molar-refractivity contribution in [2.45, 2.75) is 6.92 Å². The molecule has 1 aromatic rings. The second-order valence-corrected chi connectivity index (χ2v) is 4.10. The van der Waals surface area contributed by atoms with Gasteiger partial charge in [0.25, 0.3) is 0 Å². The Morgan fingerprint density at radius 3 is 2.87 bits per heavy atom. The van der Waals surface area contributed by atoms with E-state index in [-0.39, 0.29) is 0 Å². The number of esters is 1. The van der Waals surface area contributed by atoms with Gasteiger partial charge >= 0.3 is 5.97 Å². The Morgan fingerprint density at radius 2 is 2.33 bits per heavy atom. The van der Waals surface area contributed by atoms with Crippen LogP contribution in [0.4, 0.5) is 0 Å². The van der Waals surface area contributed by atoms with Crippen molar-refractivity contribution in [3.8, 4) is 6.07 Å². The van der Waals surface area contributed by atoms with Crippen molar-refractivity contribution in [3.05, 3.63) is 31.9 Å². The van der Waals surface area contributed by atoms with Crippen molar-refractivity contribution in [1.29, 1.82) is 5.26 Å². The maximum atomic E-state index is 11.5. The first-order valence-corrected chi connectivity index (χ1v) is 5.62. The number of hydrogen-bond acceptors (Lipinski definition) is 3. The van der Waals surface area contributed by atoms with Gasteiger partial charge in [0.1, 0.15) is 6.07 Å². The van der Waals surface area contributed by atoms with Gasteiger partial charge in [-0.15, -0.1) is 0 Å². The number of carbonyl (C=O) groups is 1. The third-order valence-corrected chi connectivity index (χ3v) is 3.13. The van der Waals surface area contributed by atoms with Gasteiger partial charge in [-0.05, 0) is 41.6 Å². The Kier molecular flexibility index (Phi) is 4.36. The van der Waals surface area contributed by atoms with Gasteiger partial charge in [-0.2, -0.15) is 5.26 Å². The highest BCUT2D eigenvalue weighted by Crippen LogP contribution is 2.24. The molecular weight excluding hydrogens is 328 g/mol. The standard InChI is InChI=1S/C10H7ClINO2/c1-2-15-10(14)6-3-4-8(11)7(5-13)9(6)12/h3-4H,2H2,1H3. The first-order chi connectivity index (χ1) is 7.11. The molecule has 0 saturated carbocycles. The summed E-state index contributed by atoms with van der Waals surface area (Å²) >= 11 is 7.72. The highest BCUT2D eigenvalue weighted by molar-refractivity contribution is 14.1. The molecule has 0 amide bonds. The highest BCUT2D eigenvalue weighted by atomic mass is 127. The van der Waals surface area contributed by atoms with Gasteiger partial charge in [-0.3, -0.25) is 0 Å². The van der Waals surface area contributed by atoms with Crippen LogP contribution in [0, 0.1) is 14.9 Å². The van der Waals surface area contributed by atoms with Crippen LogP contribution in [-0.2, 0) is 4.74 Å². The summed E-state index contributed by atoms with van der Waals surface area (Å²) in [6.45, 7) is 2.03. The molecule has 5 heteroatoms. The molecule has 0 aliphatic heterocycles. The fourth-order valence-corrected chi connectivity index (χ4v) is 2.19. The average molecular weight is 336 g/mol. The zero-order chi connectivity index (χ0) is 11.4. The molecule has 3 nitrogen and oxygen atoms in total. The number of nitrogens with zero attached hydrogens (tertiary/aromatic N) is 1. The summed E-state index contributed by atoms with van der Waals surface area (Å²) in [6.07, 6.45) is 0. The summed E-state index contributed by atoms with van der Waals surface area (Å²) in [5.74, 6) is -0.435. The quantitative estimate of drug-likeness (QED) is 0.617. The SMILES string of the molecule is CCOC(=O)c1ccc(Cl)c(C#N)c1I. The summed E-state index contributed by atoms with van der Waals surface area (Å²) in [5, 5.41) is 9.19. The minimum absolute atomic E-state index is 0.305. The number of hydrogen-bond donors (Lipinski definition) is 0. The zero-order valence-electron chi connectivity index (χ0n) is 7.88. The maximum Gasteiger partial charge on any atom is 0.339 e. The van der Waals surface area contributed by atoms with Crippen molar-refractivity contribution in [1.82, 2.24) is 0 Å².